The molecule has 0 saturated carbocycles. The number of ether oxygens (including phenoxy) is 2. The molecule has 2 radical (unpaired) electrons. The third-order valence-corrected chi connectivity index (χ3v) is 12.4. The lowest BCUT2D eigenvalue weighted by atomic mass is 10.4. The van der Waals surface area contributed by atoms with Gasteiger partial charge >= 0.3 is 20.5 Å². The SMILES string of the molecule is C=C(C)C(=O)OC[Si]O[Si](C)(CCC[N+](C)(C)C)O[Si](C)(C)COC(=O)C(=C)C. The van der Waals surface area contributed by atoms with Crippen molar-refractivity contribution in [1.82, 2.24) is 0 Å². The van der Waals surface area contributed by atoms with E-state index in [0.717, 1.165) is 23.5 Å². The van der Waals surface area contributed by atoms with Gasteiger partial charge in [-0.2, -0.15) is 0 Å². The van der Waals surface area contributed by atoms with Gasteiger partial charge in [0, 0.05) is 11.1 Å². The van der Waals surface area contributed by atoms with Gasteiger partial charge in [0.05, 0.1) is 27.7 Å². The predicted molar refractivity (Wildman–Crippen MR) is 121 cm³/mol. The van der Waals surface area contributed by atoms with E-state index in [2.05, 4.69) is 34.3 Å². The third-order valence-electron chi connectivity index (χ3n) is 3.75. The normalized spacial score (nSPS) is 14.1. The molecule has 1 atom stereocenters. The number of carbonyl (C=O) groups is 2. The van der Waals surface area contributed by atoms with Crippen LogP contribution >= 0.6 is 0 Å². The summed E-state index contributed by atoms with van der Waals surface area (Å²) in [4.78, 5) is 23.3. The highest BCUT2D eigenvalue weighted by atomic mass is 28.5. The third kappa shape index (κ3) is 13.7. The lowest BCUT2D eigenvalue weighted by molar-refractivity contribution is -0.870. The molecule has 0 aromatic heterocycles. The Kier molecular flexibility index (Phi) is 11.5. The van der Waals surface area contributed by atoms with Gasteiger partial charge in [0.25, 0.3) is 9.76 Å². The largest absolute Gasteiger partial charge is 0.464 e. The lowest BCUT2D eigenvalue weighted by Gasteiger charge is -2.36. The van der Waals surface area contributed by atoms with Crippen LogP contribution in [0.2, 0.25) is 25.7 Å². The molecule has 29 heavy (non-hydrogen) atoms. The van der Waals surface area contributed by atoms with Gasteiger partial charge in [0.2, 0.25) is 8.32 Å². The second-order valence-corrected chi connectivity index (χ2v) is 17.9. The summed E-state index contributed by atoms with van der Waals surface area (Å²) in [6, 6.07) is 0.814. The van der Waals surface area contributed by atoms with E-state index in [4.69, 9.17) is 17.7 Å². The van der Waals surface area contributed by atoms with Gasteiger partial charge in [-0.05, 0) is 46.0 Å². The first kappa shape index (κ1) is 28.0. The lowest BCUT2D eigenvalue weighted by Crippen LogP contribution is -2.52. The summed E-state index contributed by atoms with van der Waals surface area (Å²) in [7, 11) is 1.58. The van der Waals surface area contributed by atoms with Crippen LogP contribution in [0.5, 0.6) is 0 Å². The first-order valence-corrected chi connectivity index (χ1v) is 16.4. The molecular weight excluding hydrogens is 422 g/mol. The van der Waals surface area contributed by atoms with E-state index in [9.17, 15) is 9.59 Å². The van der Waals surface area contributed by atoms with Crippen LogP contribution in [0, 0.1) is 0 Å². The van der Waals surface area contributed by atoms with Gasteiger partial charge in [0.15, 0.2) is 0 Å². The van der Waals surface area contributed by atoms with Crippen LogP contribution in [-0.2, 0) is 27.3 Å². The van der Waals surface area contributed by atoms with Crippen LogP contribution in [0.3, 0.4) is 0 Å². The zero-order valence-corrected chi connectivity index (χ0v) is 22.3. The summed E-state index contributed by atoms with van der Waals surface area (Å²) in [5.74, 6) is -0.825. The van der Waals surface area contributed by atoms with Crippen molar-refractivity contribution in [3.8, 4) is 0 Å². The highest BCUT2D eigenvalue weighted by Gasteiger charge is 2.39. The van der Waals surface area contributed by atoms with Crippen molar-refractivity contribution in [2.75, 3.05) is 40.1 Å². The number of nitrogens with zero attached hydrogens (tertiary/aromatic N) is 1. The minimum absolute atomic E-state index is 0.00585. The molecule has 7 nitrogen and oxygen atoms in total. The molecule has 0 aliphatic heterocycles. The molecule has 10 heteroatoms. The summed E-state index contributed by atoms with van der Waals surface area (Å²) in [5.41, 5.74) is 0.733. The Labute approximate surface area is 181 Å². The number of esters is 2. The maximum atomic E-state index is 11.7. The minimum atomic E-state index is -2.55. The molecule has 1 unspecified atom stereocenters. The first-order valence-electron chi connectivity index (χ1n) is 9.64. The van der Waals surface area contributed by atoms with E-state index in [1.165, 1.54) is 0 Å². The highest BCUT2D eigenvalue weighted by molar-refractivity contribution is 6.84. The number of quaternary nitrogens is 1. The van der Waals surface area contributed by atoms with Gasteiger partial charge in [0.1, 0.15) is 12.5 Å². The van der Waals surface area contributed by atoms with E-state index < -0.39 is 28.8 Å². The van der Waals surface area contributed by atoms with Crippen molar-refractivity contribution in [3.05, 3.63) is 24.3 Å². The molecule has 0 N–H and O–H groups in total. The summed E-state index contributed by atoms with van der Waals surface area (Å²) in [5, 5.41) is 0. The van der Waals surface area contributed by atoms with Crippen molar-refractivity contribution >= 4 is 38.6 Å². The molecular formula is C19H38NO6Si3+. The second-order valence-electron chi connectivity index (χ2n) is 9.07. The molecule has 0 rings (SSSR count). The highest BCUT2D eigenvalue weighted by Crippen LogP contribution is 2.22. The molecule has 0 saturated heterocycles. The topological polar surface area (TPSA) is 71.1 Å². The Morgan fingerprint density at radius 2 is 1.48 bits per heavy atom. The zero-order valence-electron chi connectivity index (χ0n) is 19.3. The molecule has 0 heterocycles. The smallest absolute Gasteiger partial charge is 0.332 e. The molecule has 0 amide bonds. The van der Waals surface area contributed by atoms with Crippen LogP contribution in [0.25, 0.3) is 0 Å². The molecule has 0 spiro atoms. The van der Waals surface area contributed by atoms with Gasteiger partial charge in [-0.15, -0.1) is 0 Å². The van der Waals surface area contributed by atoms with Crippen LogP contribution in [-0.4, -0.2) is 83.2 Å². The molecule has 0 aromatic rings. The number of rotatable bonds is 14. The van der Waals surface area contributed by atoms with Gasteiger partial charge in [-0.3, -0.25) is 0 Å². The van der Waals surface area contributed by atoms with E-state index >= 15 is 0 Å². The molecule has 0 aromatic carbocycles. The van der Waals surface area contributed by atoms with Crippen LogP contribution in [0.1, 0.15) is 20.3 Å². The predicted octanol–water partition coefficient (Wildman–Crippen LogP) is 2.75. The number of hydrogen-bond donors (Lipinski definition) is 0. The second kappa shape index (κ2) is 12.0. The quantitative estimate of drug-likeness (QED) is 0.130. The molecule has 0 bridgehead atoms. The maximum Gasteiger partial charge on any atom is 0.332 e. The van der Waals surface area contributed by atoms with Crippen LogP contribution < -0.4 is 0 Å². The fourth-order valence-electron chi connectivity index (χ4n) is 2.37. The van der Waals surface area contributed by atoms with E-state index in [1.807, 2.05) is 19.6 Å². The zero-order chi connectivity index (χ0) is 22.9. The Bertz CT molecular complexity index is 603. The summed E-state index contributed by atoms with van der Waals surface area (Å²) < 4.78 is 24.0. The summed E-state index contributed by atoms with van der Waals surface area (Å²) in [6.45, 7) is 17.5. The van der Waals surface area contributed by atoms with Crippen molar-refractivity contribution in [2.24, 2.45) is 0 Å². The first-order chi connectivity index (χ1) is 13.1. The van der Waals surface area contributed by atoms with Crippen molar-refractivity contribution in [3.63, 3.8) is 0 Å². The standard InChI is InChI=1S/C19H38NO6Si3/c1-16(2)18(21)23-14-27-25-29(10,13-11-12-20(5,6)7)26-28(8,9)15-24-19(22)17(3)4/h1,3,11-15H2,2,4-10H3/q+1. The molecule has 0 fully saturated rings. The monoisotopic (exact) mass is 460 g/mol. The number of carbonyl (C=O) groups excluding carboxylic acids is 2. The Balaban J connectivity index is 4.95. The Morgan fingerprint density at radius 1 is 0.966 bits per heavy atom. The Hall–Kier alpha value is -1.05. The van der Waals surface area contributed by atoms with Crippen LogP contribution in [0.15, 0.2) is 24.3 Å². The average Bonchev–Trinajstić information content (AvgIpc) is 2.54. The van der Waals surface area contributed by atoms with E-state index in [-0.39, 0.29) is 22.2 Å². The fraction of sp³-hybridized carbons (Fsp3) is 0.684. The average molecular weight is 461 g/mol. The van der Waals surface area contributed by atoms with Crippen molar-refractivity contribution < 1.29 is 31.8 Å². The van der Waals surface area contributed by atoms with Gasteiger partial charge < -0.3 is 22.2 Å². The van der Waals surface area contributed by atoms with Crippen molar-refractivity contribution in [2.45, 2.75) is 46.0 Å². The van der Waals surface area contributed by atoms with Gasteiger partial charge in [-0.25, -0.2) is 9.59 Å². The fourth-order valence-corrected chi connectivity index (χ4v) is 11.6. The van der Waals surface area contributed by atoms with E-state index in [0.29, 0.717) is 11.1 Å². The number of hydrogen-bond acceptors (Lipinski definition) is 6. The van der Waals surface area contributed by atoms with Crippen molar-refractivity contribution in [1.29, 1.82) is 0 Å². The summed E-state index contributed by atoms with van der Waals surface area (Å²) >= 11 is 0. The van der Waals surface area contributed by atoms with Gasteiger partial charge in [-0.1, -0.05) is 13.2 Å². The maximum absolute atomic E-state index is 11.7. The molecule has 0 aliphatic rings. The van der Waals surface area contributed by atoms with Crippen LogP contribution in [0.4, 0.5) is 0 Å². The Morgan fingerprint density at radius 3 is 1.97 bits per heavy atom. The van der Waals surface area contributed by atoms with E-state index in [1.54, 1.807) is 13.8 Å². The minimum Gasteiger partial charge on any atom is -0.464 e. The molecule has 0 aliphatic carbocycles. The summed E-state index contributed by atoms with van der Waals surface area (Å²) in [6.07, 6.45) is 1.38. The molecule has 166 valence electrons.